The number of aliphatic hydroxyl groups excluding tert-OH is 1. The van der Waals surface area contributed by atoms with E-state index in [0.29, 0.717) is 30.6 Å². The van der Waals surface area contributed by atoms with Crippen molar-refractivity contribution in [1.82, 2.24) is 0 Å². The van der Waals surface area contributed by atoms with Crippen molar-refractivity contribution >= 4 is 23.1 Å². The van der Waals surface area contributed by atoms with Crippen LogP contribution in [-0.2, 0) is 6.42 Å². The Kier molecular flexibility index (Phi) is 7.72. The molecule has 0 spiro atoms. The summed E-state index contributed by atoms with van der Waals surface area (Å²) in [5.74, 6) is -5.26. The van der Waals surface area contributed by atoms with Crippen LogP contribution in [0.3, 0.4) is 0 Å². The van der Waals surface area contributed by atoms with Gasteiger partial charge in [-0.15, -0.1) is 0 Å². The van der Waals surface area contributed by atoms with Crippen LogP contribution < -0.4 is 4.74 Å². The molecule has 3 aromatic carbocycles. The first kappa shape index (κ1) is 25.7. The molecule has 0 bridgehead atoms. The van der Waals surface area contributed by atoms with E-state index in [1.807, 2.05) is 0 Å². The standard InChI is InChI=1S/C30H25FO6/c1-37-20-15-13-19(14-16-20)26(32)24(27(33)21-10-3-2-8-18(21)9-6-7-17-31)25-28(34)22-11-4-5-12-23(22)29(35)30(25)36/h2-5,8,10-16,24,36H,6-7,9,17H2,1H3. The fraction of sp³-hybridized carbons (Fsp3) is 0.200. The molecular formula is C30H25FO6. The van der Waals surface area contributed by atoms with Crippen LogP contribution in [0.15, 0.2) is 84.1 Å². The van der Waals surface area contributed by atoms with Gasteiger partial charge < -0.3 is 9.84 Å². The molecule has 1 aliphatic carbocycles. The largest absolute Gasteiger partial charge is 0.504 e. The quantitative estimate of drug-likeness (QED) is 0.222. The Hall–Kier alpha value is -4.39. The van der Waals surface area contributed by atoms with Crippen LogP contribution in [0.2, 0.25) is 0 Å². The predicted octanol–water partition coefficient (Wildman–Crippen LogP) is 5.56. The van der Waals surface area contributed by atoms with Crippen LogP contribution in [-0.4, -0.2) is 42.0 Å². The number of rotatable bonds is 10. The molecule has 0 fully saturated rings. The van der Waals surface area contributed by atoms with Crippen molar-refractivity contribution in [3.05, 3.63) is 112 Å². The lowest BCUT2D eigenvalue weighted by Crippen LogP contribution is -2.35. The summed E-state index contributed by atoms with van der Waals surface area (Å²) in [6.07, 6.45) is 1.18. The summed E-state index contributed by atoms with van der Waals surface area (Å²) in [4.78, 5) is 54.4. The van der Waals surface area contributed by atoms with Crippen molar-refractivity contribution in [2.24, 2.45) is 5.92 Å². The van der Waals surface area contributed by atoms with Crippen molar-refractivity contribution in [3.63, 3.8) is 0 Å². The van der Waals surface area contributed by atoms with E-state index >= 15 is 0 Å². The number of hydrogen-bond acceptors (Lipinski definition) is 6. The zero-order valence-corrected chi connectivity index (χ0v) is 20.2. The van der Waals surface area contributed by atoms with E-state index in [1.165, 1.54) is 49.6 Å². The monoisotopic (exact) mass is 500 g/mol. The SMILES string of the molecule is COc1ccc(C(=O)C(C(=O)c2ccccc2CCCCF)C2=C(O)C(=O)c3ccccc3C2=O)cc1. The number of ketones is 4. The lowest BCUT2D eigenvalue weighted by molar-refractivity contribution is 0.0795. The molecule has 4 rings (SSSR count). The third-order valence-electron chi connectivity index (χ3n) is 6.43. The van der Waals surface area contributed by atoms with Crippen LogP contribution >= 0.6 is 0 Å². The van der Waals surface area contributed by atoms with Gasteiger partial charge in [0.1, 0.15) is 11.7 Å². The Labute approximate surface area is 213 Å². The normalized spacial score (nSPS) is 13.8. The number of benzene rings is 3. The number of aryl methyl sites for hydroxylation is 1. The molecule has 6 nitrogen and oxygen atoms in total. The molecule has 7 heteroatoms. The number of Topliss-reactive ketones (excluding diaryl/α,β-unsaturated/α-hetero) is 4. The van der Waals surface area contributed by atoms with Gasteiger partial charge in [-0.1, -0.05) is 48.5 Å². The maximum atomic E-state index is 14.0. The van der Waals surface area contributed by atoms with E-state index < -0.39 is 47.1 Å². The second-order valence-electron chi connectivity index (χ2n) is 8.66. The van der Waals surface area contributed by atoms with Gasteiger partial charge >= 0.3 is 0 Å². The number of allylic oxidation sites excluding steroid dienone is 2. The zero-order chi connectivity index (χ0) is 26.5. The number of carbonyl (C=O) groups is 4. The predicted molar refractivity (Wildman–Crippen MR) is 135 cm³/mol. The minimum absolute atomic E-state index is 0.00321. The average Bonchev–Trinajstić information content (AvgIpc) is 2.94. The van der Waals surface area contributed by atoms with Gasteiger partial charge in [0, 0.05) is 22.3 Å². The van der Waals surface area contributed by atoms with E-state index in [0.717, 1.165) is 0 Å². The highest BCUT2D eigenvalue weighted by Gasteiger charge is 2.43. The number of ether oxygens (including phenoxy) is 1. The molecule has 1 aliphatic rings. The van der Waals surface area contributed by atoms with E-state index in [4.69, 9.17) is 4.74 Å². The van der Waals surface area contributed by atoms with Gasteiger partial charge in [0.15, 0.2) is 23.1 Å². The molecular weight excluding hydrogens is 475 g/mol. The second kappa shape index (κ2) is 11.1. The number of unbranched alkanes of at least 4 members (excludes halogenated alkanes) is 1. The molecule has 37 heavy (non-hydrogen) atoms. The van der Waals surface area contributed by atoms with Gasteiger partial charge in [-0.25, -0.2) is 0 Å². The molecule has 0 aromatic heterocycles. The number of methoxy groups -OCH3 is 1. The van der Waals surface area contributed by atoms with Gasteiger partial charge in [0.25, 0.3) is 0 Å². The number of halogens is 1. The molecule has 3 aromatic rings. The molecule has 0 heterocycles. The van der Waals surface area contributed by atoms with E-state index in [2.05, 4.69) is 0 Å². The molecule has 1 N–H and O–H groups in total. The summed E-state index contributed by atoms with van der Waals surface area (Å²) in [6.45, 7) is -0.495. The molecule has 0 radical (unpaired) electrons. The summed E-state index contributed by atoms with van der Waals surface area (Å²) in [7, 11) is 1.47. The van der Waals surface area contributed by atoms with Crippen LogP contribution in [0.1, 0.15) is 59.8 Å². The Balaban J connectivity index is 1.86. The van der Waals surface area contributed by atoms with Crippen molar-refractivity contribution in [2.75, 3.05) is 13.8 Å². The first-order chi connectivity index (χ1) is 17.9. The Bertz CT molecular complexity index is 1400. The average molecular weight is 501 g/mol. The Morgan fingerprint density at radius 2 is 1.46 bits per heavy atom. The van der Waals surface area contributed by atoms with E-state index in [9.17, 15) is 28.7 Å². The lowest BCUT2D eigenvalue weighted by Gasteiger charge is -2.24. The van der Waals surface area contributed by atoms with Crippen LogP contribution in [0, 0.1) is 5.92 Å². The van der Waals surface area contributed by atoms with Gasteiger partial charge in [-0.05, 0) is 49.1 Å². The van der Waals surface area contributed by atoms with Crippen LogP contribution in [0.4, 0.5) is 4.39 Å². The third-order valence-corrected chi connectivity index (χ3v) is 6.43. The van der Waals surface area contributed by atoms with Crippen molar-refractivity contribution < 1.29 is 33.4 Å². The highest BCUT2D eigenvalue weighted by atomic mass is 19.1. The second-order valence-corrected chi connectivity index (χ2v) is 8.66. The highest BCUT2D eigenvalue weighted by Crippen LogP contribution is 2.34. The van der Waals surface area contributed by atoms with Crippen LogP contribution in [0.5, 0.6) is 5.75 Å². The first-order valence-electron chi connectivity index (χ1n) is 11.9. The molecule has 0 amide bonds. The highest BCUT2D eigenvalue weighted by molar-refractivity contribution is 6.32. The number of hydrogen-bond donors (Lipinski definition) is 1. The summed E-state index contributed by atoms with van der Waals surface area (Å²) in [6, 6.07) is 18.5. The minimum atomic E-state index is -1.76. The summed E-state index contributed by atoms with van der Waals surface area (Å²) in [5.41, 5.74) is 0.332. The van der Waals surface area contributed by atoms with Gasteiger partial charge in [0.2, 0.25) is 5.78 Å². The number of alkyl halides is 1. The van der Waals surface area contributed by atoms with E-state index in [1.54, 1.807) is 30.3 Å². The lowest BCUT2D eigenvalue weighted by atomic mass is 9.75. The number of fused-ring (bicyclic) bond motifs is 1. The Morgan fingerprint density at radius 3 is 2.11 bits per heavy atom. The molecule has 0 saturated heterocycles. The molecule has 188 valence electrons. The summed E-state index contributed by atoms with van der Waals surface area (Å²) >= 11 is 0. The maximum absolute atomic E-state index is 14.0. The third kappa shape index (κ3) is 4.98. The van der Waals surface area contributed by atoms with Crippen LogP contribution in [0.25, 0.3) is 0 Å². The van der Waals surface area contributed by atoms with Gasteiger partial charge in [0.05, 0.1) is 19.4 Å². The van der Waals surface area contributed by atoms with Gasteiger partial charge in [-0.2, -0.15) is 0 Å². The van der Waals surface area contributed by atoms with Crippen molar-refractivity contribution in [2.45, 2.75) is 19.3 Å². The van der Waals surface area contributed by atoms with Gasteiger partial charge in [-0.3, -0.25) is 23.6 Å². The molecule has 1 atom stereocenters. The fourth-order valence-corrected chi connectivity index (χ4v) is 4.50. The van der Waals surface area contributed by atoms with Crippen molar-refractivity contribution in [1.29, 1.82) is 0 Å². The smallest absolute Gasteiger partial charge is 0.228 e. The van der Waals surface area contributed by atoms with Crippen molar-refractivity contribution in [3.8, 4) is 5.75 Å². The van der Waals surface area contributed by atoms with E-state index in [-0.39, 0.29) is 22.3 Å². The topological polar surface area (TPSA) is 97.7 Å². The zero-order valence-electron chi connectivity index (χ0n) is 20.2. The molecule has 0 aliphatic heterocycles. The Morgan fingerprint density at radius 1 is 0.838 bits per heavy atom. The maximum Gasteiger partial charge on any atom is 0.228 e. The number of aliphatic hydroxyl groups is 1. The summed E-state index contributed by atoms with van der Waals surface area (Å²) < 4.78 is 17.8. The first-order valence-corrected chi connectivity index (χ1v) is 11.9. The number of carbonyl (C=O) groups excluding carboxylic acids is 4. The minimum Gasteiger partial charge on any atom is -0.504 e. The molecule has 1 unspecified atom stereocenters. The molecule has 0 saturated carbocycles. The fourth-order valence-electron chi connectivity index (χ4n) is 4.50. The summed E-state index contributed by atoms with van der Waals surface area (Å²) in [5, 5.41) is 10.9.